The van der Waals surface area contributed by atoms with E-state index in [4.69, 9.17) is 16.3 Å². The number of ether oxygens (including phenoxy) is 1. The molecule has 4 rings (SSSR count). The lowest BCUT2D eigenvalue weighted by atomic mass is 9.49. The number of carbonyl (C=O) groups excluding carboxylic acids is 2. The highest BCUT2D eigenvalue weighted by Gasteiger charge is 2.60. The number of rotatable bonds is 5. The van der Waals surface area contributed by atoms with E-state index >= 15 is 0 Å². The van der Waals surface area contributed by atoms with Crippen molar-refractivity contribution in [1.29, 1.82) is 0 Å². The second-order valence-corrected chi connectivity index (χ2v) is 9.76. The minimum atomic E-state index is -0.438. The fourth-order valence-corrected chi connectivity index (χ4v) is 6.61. The number of amides is 1. The lowest BCUT2D eigenvalue weighted by molar-refractivity contribution is -0.173. The number of carbonyl (C=O) groups is 2. The first kappa shape index (κ1) is 18.0. The van der Waals surface area contributed by atoms with Crippen molar-refractivity contribution < 1.29 is 14.3 Å². The molecule has 0 aromatic rings. The molecule has 136 valence electrons. The lowest BCUT2D eigenvalue weighted by Gasteiger charge is -2.58. The summed E-state index contributed by atoms with van der Waals surface area (Å²) < 4.78 is 5.53. The highest BCUT2D eigenvalue weighted by molar-refractivity contribution is 6.24. The molecule has 4 nitrogen and oxygen atoms in total. The molecule has 4 atom stereocenters. The van der Waals surface area contributed by atoms with E-state index in [0.29, 0.717) is 11.8 Å². The first-order valence-electron chi connectivity index (χ1n) is 9.31. The van der Waals surface area contributed by atoms with Crippen molar-refractivity contribution >= 4 is 23.5 Å². The van der Waals surface area contributed by atoms with Gasteiger partial charge in [0.15, 0.2) is 6.61 Å². The van der Waals surface area contributed by atoms with Crippen molar-refractivity contribution in [2.75, 3.05) is 6.61 Å². The maximum atomic E-state index is 12.9. The van der Waals surface area contributed by atoms with Gasteiger partial charge in [0.25, 0.3) is 5.91 Å². The summed E-state index contributed by atoms with van der Waals surface area (Å²) in [6.45, 7) is 7.78. The van der Waals surface area contributed by atoms with Gasteiger partial charge in [-0.2, -0.15) is 0 Å². The summed E-state index contributed by atoms with van der Waals surface area (Å²) in [7, 11) is 0. The maximum Gasteiger partial charge on any atom is 0.312 e. The van der Waals surface area contributed by atoms with Crippen molar-refractivity contribution in [2.45, 2.75) is 83.2 Å². The molecule has 2 unspecified atom stereocenters. The molecule has 4 bridgehead atoms. The van der Waals surface area contributed by atoms with Gasteiger partial charge < -0.3 is 9.64 Å². The molecule has 0 spiro atoms. The molecule has 0 radical (unpaired) electrons. The molecule has 1 amide bonds. The zero-order valence-corrected chi connectivity index (χ0v) is 16.1. The highest BCUT2D eigenvalue weighted by Crippen LogP contribution is 2.64. The Morgan fingerprint density at radius 1 is 1.08 bits per heavy atom. The van der Waals surface area contributed by atoms with Gasteiger partial charge in [0.1, 0.15) is 0 Å². The van der Waals surface area contributed by atoms with Crippen LogP contribution >= 0.6 is 11.6 Å². The largest absolute Gasteiger partial charge is 0.455 e. The van der Waals surface area contributed by atoms with E-state index in [-0.39, 0.29) is 35.4 Å². The number of alkyl halides is 1. The molecule has 0 aliphatic heterocycles. The molecule has 4 aliphatic carbocycles. The predicted molar refractivity (Wildman–Crippen MR) is 93.8 cm³/mol. The third kappa shape index (κ3) is 3.18. The fraction of sp³-hybridized carbons (Fsp3) is 0.895. The van der Waals surface area contributed by atoms with Gasteiger partial charge >= 0.3 is 5.97 Å². The number of hydrogen-bond donors (Lipinski definition) is 0. The van der Waals surface area contributed by atoms with Crippen LogP contribution in [0.4, 0.5) is 0 Å². The normalized spacial score (nSPS) is 37.1. The SMILES string of the molecule is CC(C)N(C(=O)COC(=O)C12C[C@@H]3C[C@@H](CC(Cl)(C3)C1)C2)C(C)C. The van der Waals surface area contributed by atoms with Crippen molar-refractivity contribution in [1.82, 2.24) is 4.90 Å². The van der Waals surface area contributed by atoms with Crippen LogP contribution in [0.3, 0.4) is 0 Å². The van der Waals surface area contributed by atoms with E-state index in [2.05, 4.69) is 0 Å². The van der Waals surface area contributed by atoms with Gasteiger partial charge in [0.05, 0.1) is 5.41 Å². The standard InChI is InChI=1S/C19H30ClNO3/c1-12(2)21(13(3)4)16(22)10-24-17(23)18-6-14-5-15(7-18)9-19(20,8-14)11-18/h12-15H,5-11H2,1-4H3/t14-,15+,18?,19?. The number of hydrogen-bond acceptors (Lipinski definition) is 3. The summed E-state index contributed by atoms with van der Waals surface area (Å²) in [5.74, 6) is 0.797. The van der Waals surface area contributed by atoms with Gasteiger partial charge in [-0.25, -0.2) is 0 Å². The van der Waals surface area contributed by atoms with Crippen molar-refractivity contribution in [3.8, 4) is 0 Å². The van der Waals surface area contributed by atoms with Gasteiger partial charge in [-0.1, -0.05) is 0 Å². The molecular formula is C19H30ClNO3. The zero-order valence-electron chi connectivity index (χ0n) is 15.3. The van der Waals surface area contributed by atoms with E-state index in [1.807, 2.05) is 27.7 Å². The smallest absolute Gasteiger partial charge is 0.312 e. The number of halogens is 1. The molecule has 0 aromatic carbocycles. The Hall–Kier alpha value is -0.770. The predicted octanol–water partition coefficient (Wildman–Crippen LogP) is 3.75. The Morgan fingerprint density at radius 3 is 2.08 bits per heavy atom. The highest BCUT2D eigenvalue weighted by atomic mass is 35.5. The Labute approximate surface area is 150 Å². The van der Waals surface area contributed by atoms with Gasteiger partial charge in [-0.05, 0) is 78.1 Å². The van der Waals surface area contributed by atoms with E-state index in [1.54, 1.807) is 4.90 Å². The Balaban J connectivity index is 1.64. The third-order valence-electron chi connectivity index (χ3n) is 6.15. The first-order valence-corrected chi connectivity index (χ1v) is 9.69. The summed E-state index contributed by atoms with van der Waals surface area (Å²) in [6.07, 6.45) is 5.78. The van der Waals surface area contributed by atoms with Crippen LogP contribution in [0.2, 0.25) is 0 Å². The van der Waals surface area contributed by atoms with Crippen molar-refractivity contribution in [3.63, 3.8) is 0 Å². The van der Waals surface area contributed by atoms with Gasteiger partial charge in [0.2, 0.25) is 0 Å². The van der Waals surface area contributed by atoms with Crippen LogP contribution in [0.15, 0.2) is 0 Å². The Kier molecular flexibility index (Phi) is 4.65. The van der Waals surface area contributed by atoms with Crippen LogP contribution in [-0.2, 0) is 14.3 Å². The van der Waals surface area contributed by atoms with Gasteiger partial charge in [-0.15, -0.1) is 11.6 Å². The number of esters is 1. The molecule has 4 aliphatic rings. The minimum absolute atomic E-state index is 0.0989. The van der Waals surface area contributed by atoms with Crippen molar-refractivity contribution in [3.05, 3.63) is 0 Å². The van der Waals surface area contributed by atoms with Crippen LogP contribution in [0.25, 0.3) is 0 Å². The summed E-state index contributed by atoms with van der Waals surface area (Å²) >= 11 is 6.78. The van der Waals surface area contributed by atoms with E-state index < -0.39 is 5.41 Å². The van der Waals surface area contributed by atoms with Crippen molar-refractivity contribution in [2.24, 2.45) is 17.3 Å². The molecule has 0 heterocycles. The first-order chi connectivity index (χ1) is 11.1. The van der Waals surface area contributed by atoms with E-state index in [9.17, 15) is 9.59 Å². The minimum Gasteiger partial charge on any atom is -0.455 e. The van der Waals surface area contributed by atoms with Gasteiger partial charge in [-0.3, -0.25) is 9.59 Å². The molecule has 0 aromatic heterocycles. The van der Waals surface area contributed by atoms with Gasteiger partial charge in [0, 0.05) is 17.0 Å². The van der Waals surface area contributed by atoms with Crippen LogP contribution in [-0.4, -0.2) is 40.3 Å². The average Bonchev–Trinajstić information content (AvgIpc) is 2.41. The Morgan fingerprint density at radius 2 is 1.62 bits per heavy atom. The van der Waals surface area contributed by atoms with Crippen LogP contribution in [0.1, 0.15) is 66.2 Å². The molecule has 0 saturated heterocycles. The molecule has 4 saturated carbocycles. The molecule has 4 fully saturated rings. The van der Waals surface area contributed by atoms with E-state index in [0.717, 1.165) is 32.1 Å². The summed E-state index contributed by atoms with van der Waals surface area (Å²) in [6, 6.07) is 0.198. The lowest BCUT2D eigenvalue weighted by Crippen LogP contribution is -2.56. The molecule has 0 N–H and O–H groups in total. The Bertz CT molecular complexity index is 509. The van der Waals surface area contributed by atoms with Crippen LogP contribution in [0, 0.1) is 17.3 Å². The third-order valence-corrected chi connectivity index (χ3v) is 6.59. The zero-order chi connectivity index (χ0) is 17.7. The molecule has 24 heavy (non-hydrogen) atoms. The summed E-state index contributed by atoms with van der Waals surface area (Å²) in [4.78, 5) is 26.9. The van der Waals surface area contributed by atoms with Crippen LogP contribution < -0.4 is 0 Å². The van der Waals surface area contributed by atoms with E-state index in [1.165, 1.54) is 6.42 Å². The fourth-order valence-electron chi connectivity index (χ4n) is 5.92. The molecular weight excluding hydrogens is 326 g/mol. The second kappa shape index (κ2) is 6.19. The summed E-state index contributed by atoms with van der Waals surface area (Å²) in [5.41, 5.74) is -0.438. The topological polar surface area (TPSA) is 46.6 Å². The van der Waals surface area contributed by atoms with Crippen LogP contribution in [0.5, 0.6) is 0 Å². The molecule has 5 heteroatoms. The summed E-state index contributed by atoms with van der Waals surface area (Å²) in [5, 5.41) is 0. The second-order valence-electron chi connectivity index (χ2n) is 8.96. The quantitative estimate of drug-likeness (QED) is 0.557. The number of nitrogens with zero attached hydrogens (tertiary/aromatic N) is 1. The monoisotopic (exact) mass is 355 g/mol. The maximum absolute atomic E-state index is 12.9. The average molecular weight is 356 g/mol.